The highest BCUT2D eigenvalue weighted by Crippen LogP contribution is 2.16. The molecule has 0 atom stereocenters. The first-order chi connectivity index (χ1) is 13.7. The van der Waals surface area contributed by atoms with Crippen LogP contribution in [0.15, 0.2) is 54.7 Å². The molecule has 7 nitrogen and oxygen atoms in total. The standard InChI is InChI=1S/C20H20FN5O2/c1-2-28-19(27)15-7-9-16(10-8-15)24-18-13-23-26-20(25-18)22-12-11-14-5-3-4-6-17(14)21/h3-10,13H,2,11-12H2,1H3,(H2,22,24,25,26). The molecule has 0 radical (unpaired) electrons. The van der Waals surface area contributed by atoms with Gasteiger partial charge in [-0.3, -0.25) is 0 Å². The van der Waals surface area contributed by atoms with Gasteiger partial charge in [-0.2, -0.15) is 10.1 Å². The van der Waals surface area contributed by atoms with E-state index in [1.807, 2.05) is 0 Å². The van der Waals surface area contributed by atoms with Crippen LogP contribution in [-0.4, -0.2) is 34.3 Å². The molecular weight excluding hydrogens is 361 g/mol. The molecule has 0 spiro atoms. The van der Waals surface area contributed by atoms with Crippen LogP contribution in [0.1, 0.15) is 22.8 Å². The molecule has 2 N–H and O–H groups in total. The monoisotopic (exact) mass is 381 g/mol. The van der Waals surface area contributed by atoms with Gasteiger partial charge in [-0.1, -0.05) is 18.2 Å². The smallest absolute Gasteiger partial charge is 0.338 e. The number of aromatic nitrogens is 3. The molecule has 1 heterocycles. The minimum Gasteiger partial charge on any atom is -0.462 e. The van der Waals surface area contributed by atoms with E-state index in [-0.39, 0.29) is 11.8 Å². The van der Waals surface area contributed by atoms with Gasteiger partial charge >= 0.3 is 5.97 Å². The Labute approximate surface area is 162 Å². The molecule has 144 valence electrons. The average Bonchev–Trinajstić information content (AvgIpc) is 2.70. The molecule has 0 aliphatic rings. The molecule has 3 rings (SSSR count). The van der Waals surface area contributed by atoms with Crippen LogP contribution in [0.25, 0.3) is 0 Å². The van der Waals surface area contributed by atoms with Crippen LogP contribution in [0.2, 0.25) is 0 Å². The first kappa shape index (κ1) is 19.2. The van der Waals surface area contributed by atoms with Gasteiger partial charge in [-0.25, -0.2) is 9.18 Å². The van der Waals surface area contributed by atoms with Crippen molar-refractivity contribution < 1.29 is 13.9 Å². The zero-order valence-corrected chi connectivity index (χ0v) is 15.4. The van der Waals surface area contributed by atoms with Crippen LogP contribution in [0.3, 0.4) is 0 Å². The molecule has 0 saturated carbocycles. The van der Waals surface area contributed by atoms with Crippen molar-refractivity contribution in [2.75, 3.05) is 23.8 Å². The first-order valence-electron chi connectivity index (χ1n) is 8.87. The van der Waals surface area contributed by atoms with Gasteiger partial charge in [0.15, 0.2) is 5.82 Å². The van der Waals surface area contributed by atoms with Crippen LogP contribution in [0.4, 0.5) is 21.8 Å². The SMILES string of the molecule is CCOC(=O)c1ccc(Nc2cnnc(NCCc3ccccc3F)n2)cc1. The second-order valence-electron chi connectivity index (χ2n) is 5.86. The van der Waals surface area contributed by atoms with E-state index in [1.54, 1.807) is 49.4 Å². The Morgan fingerprint density at radius 3 is 2.68 bits per heavy atom. The summed E-state index contributed by atoms with van der Waals surface area (Å²) in [4.78, 5) is 16.0. The van der Waals surface area contributed by atoms with Crippen molar-refractivity contribution >= 4 is 23.4 Å². The molecule has 0 saturated heterocycles. The predicted molar refractivity (Wildman–Crippen MR) is 104 cm³/mol. The van der Waals surface area contributed by atoms with E-state index in [2.05, 4.69) is 25.8 Å². The Hall–Kier alpha value is -3.55. The van der Waals surface area contributed by atoms with Crippen LogP contribution in [-0.2, 0) is 11.2 Å². The van der Waals surface area contributed by atoms with E-state index in [0.29, 0.717) is 42.5 Å². The number of hydrogen-bond donors (Lipinski definition) is 2. The molecule has 0 aliphatic carbocycles. The molecule has 28 heavy (non-hydrogen) atoms. The van der Waals surface area contributed by atoms with E-state index in [1.165, 1.54) is 12.3 Å². The Morgan fingerprint density at radius 1 is 1.14 bits per heavy atom. The summed E-state index contributed by atoms with van der Waals surface area (Å²) < 4.78 is 18.6. The third kappa shape index (κ3) is 5.23. The largest absolute Gasteiger partial charge is 0.462 e. The second kappa shape index (κ2) is 9.40. The molecule has 0 aliphatic heterocycles. The van der Waals surface area contributed by atoms with Gasteiger partial charge < -0.3 is 15.4 Å². The molecule has 1 aromatic heterocycles. The summed E-state index contributed by atoms with van der Waals surface area (Å²) in [5.74, 6) is 0.237. The number of ether oxygens (including phenoxy) is 1. The maximum atomic E-state index is 13.6. The number of carbonyl (C=O) groups is 1. The molecule has 0 unspecified atom stereocenters. The van der Waals surface area contributed by atoms with Crippen molar-refractivity contribution in [1.29, 1.82) is 0 Å². The molecule has 3 aromatic rings. The fraction of sp³-hybridized carbons (Fsp3) is 0.200. The lowest BCUT2D eigenvalue weighted by molar-refractivity contribution is 0.0526. The van der Waals surface area contributed by atoms with Gasteiger partial charge in [0.25, 0.3) is 0 Å². The Kier molecular flexibility index (Phi) is 6.46. The van der Waals surface area contributed by atoms with Crippen molar-refractivity contribution in [3.8, 4) is 0 Å². The predicted octanol–water partition coefficient (Wildman–Crippen LogP) is 3.59. The van der Waals surface area contributed by atoms with E-state index in [0.717, 1.165) is 5.69 Å². The fourth-order valence-corrected chi connectivity index (χ4v) is 2.50. The summed E-state index contributed by atoms with van der Waals surface area (Å²) in [5, 5.41) is 14.0. The van der Waals surface area contributed by atoms with Crippen molar-refractivity contribution in [2.45, 2.75) is 13.3 Å². The third-order valence-electron chi connectivity index (χ3n) is 3.86. The summed E-state index contributed by atoms with van der Waals surface area (Å²) in [6, 6.07) is 13.5. The van der Waals surface area contributed by atoms with Gasteiger partial charge in [0.2, 0.25) is 5.95 Å². The fourth-order valence-electron chi connectivity index (χ4n) is 2.50. The van der Waals surface area contributed by atoms with Crippen LogP contribution in [0.5, 0.6) is 0 Å². The van der Waals surface area contributed by atoms with Gasteiger partial charge in [0.1, 0.15) is 5.82 Å². The van der Waals surface area contributed by atoms with Gasteiger partial charge in [-0.05, 0) is 49.2 Å². The lowest BCUT2D eigenvalue weighted by Gasteiger charge is -2.08. The van der Waals surface area contributed by atoms with E-state index >= 15 is 0 Å². The number of hydrogen-bond acceptors (Lipinski definition) is 7. The normalized spacial score (nSPS) is 10.4. The average molecular weight is 381 g/mol. The highest BCUT2D eigenvalue weighted by Gasteiger charge is 2.07. The molecular formula is C20H20FN5O2. The zero-order chi connectivity index (χ0) is 19.8. The number of carbonyl (C=O) groups excluding carboxylic acids is 1. The van der Waals surface area contributed by atoms with Gasteiger partial charge in [-0.15, -0.1) is 5.10 Å². The summed E-state index contributed by atoms with van der Waals surface area (Å²) in [5.41, 5.74) is 1.84. The van der Waals surface area contributed by atoms with Crippen molar-refractivity contribution in [3.63, 3.8) is 0 Å². The number of halogens is 1. The maximum absolute atomic E-state index is 13.6. The number of rotatable bonds is 8. The molecule has 0 fully saturated rings. The summed E-state index contributed by atoms with van der Waals surface area (Å²) in [7, 11) is 0. The molecule has 2 aromatic carbocycles. The van der Waals surface area contributed by atoms with Gasteiger partial charge in [0.05, 0.1) is 18.4 Å². The van der Waals surface area contributed by atoms with Crippen LogP contribution >= 0.6 is 0 Å². The first-order valence-corrected chi connectivity index (χ1v) is 8.87. The third-order valence-corrected chi connectivity index (χ3v) is 3.86. The summed E-state index contributed by atoms with van der Waals surface area (Å²) in [6.07, 6.45) is 1.99. The number of nitrogens with zero attached hydrogens (tertiary/aromatic N) is 3. The molecule has 0 amide bonds. The van der Waals surface area contributed by atoms with Crippen molar-refractivity contribution in [3.05, 3.63) is 71.7 Å². The van der Waals surface area contributed by atoms with Crippen LogP contribution in [0, 0.1) is 5.82 Å². The quantitative estimate of drug-likeness (QED) is 0.577. The van der Waals surface area contributed by atoms with Crippen molar-refractivity contribution in [2.24, 2.45) is 0 Å². The highest BCUT2D eigenvalue weighted by molar-refractivity contribution is 5.89. The Balaban J connectivity index is 1.57. The minimum absolute atomic E-state index is 0.231. The summed E-state index contributed by atoms with van der Waals surface area (Å²) in [6.45, 7) is 2.57. The number of anilines is 3. The molecule has 8 heteroatoms. The highest BCUT2D eigenvalue weighted by atomic mass is 19.1. The summed E-state index contributed by atoms with van der Waals surface area (Å²) >= 11 is 0. The van der Waals surface area contributed by atoms with Crippen LogP contribution < -0.4 is 10.6 Å². The van der Waals surface area contributed by atoms with E-state index in [9.17, 15) is 9.18 Å². The Bertz CT molecular complexity index is 934. The lowest BCUT2D eigenvalue weighted by Crippen LogP contribution is -2.10. The maximum Gasteiger partial charge on any atom is 0.338 e. The number of esters is 1. The molecule has 0 bridgehead atoms. The second-order valence-corrected chi connectivity index (χ2v) is 5.86. The topological polar surface area (TPSA) is 89.0 Å². The Morgan fingerprint density at radius 2 is 1.93 bits per heavy atom. The number of benzene rings is 2. The minimum atomic E-state index is -0.362. The number of nitrogens with one attached hydrogen (secondary N) is 2. The van der Waals surface area contributed by atoms with E-state index in [4.69, 9.17) is 4.74 Å². The lowest BCUT2D eigenvalue weighted by atomic mass is 10.1. The zero-order valence-electron chi connectivity index (χ0n) is 15.4. The van der Waals surface area contributed by atoms with E-state index < -0.39 is 0 Å². The van der Waals surface area contributed by atoms with Gasteiger partial charge in [0, 0.05) is 12.2 Å². The van der Waals surface area contributed by atoms with Crippen molar-refractivity contribution in [1.82, 2.24) is 15.2 Å².